The lowest BCUT2D eigenvalue weighted by molar-refractivity contribution is -0.137. The van der Waals surface area contributed by atoms with Crippen LogP contribution in [-0.2, 0) is 16.0 Å². The van der Waals surface area contributed by atoms with Gasteiger partial charge >= 0.3 is 6.03 Å². The molecule has 36 heavy (non-hydrogen) atoms. The number of aromatic nitrogens is 3. The number of carbonyl (C=O) groups is 3. The van der Waals surface area contributed by atoms with Crippen LogP contribution in [0.3, 0.4) is 0 Å². The Kier molecular flexibility index (Phi) is 5.24. The van der Waals surface area contributed by atoms with E-state index in [9.17, 15) is 14.4 Å². The lowest BCUT2D eigenvalue weighted by atomic mass is 9.92. The number of urea groups is 1. The Hall–Kier alpha value is -4.54. The molecule has 3 aliphatic heterocycles. The molecule has 11 heteroatoms. The number of ether oxygens (including phenoxy) is 1. The van der Waals surface area contributed by atoms with Crippen LogP contribution in [0.5, 0.6) is 11.6 Å². The second-order valence-electron chi connectivity index (χ2n) is 8.94. The van der Waals surface area contributed by atoms with Crippen LogP contribution >= 0.6 is 0 Å². The van der Waals surface area contributed by atoms with E-state index in [1.807, 2.05) is 30.3 Å². The molecule has 182 valence electrons. The summed E-state index contributed by atoms with van der Waals surface area (Å²) in [5, 5.41) is 12.7. The van der Waals surface area contributed by atoms with Crippen molar-refractivity contribution in [2.75, 3.05) is 22.9 Å². The molecule has 2 saturated heterocycles. The van der Waals surface area contributed by atoms with Gasteiger partial charge in [-0.15, -0.1) is 5.10 Å². The molecule has 0 saturated carbocycles. The van der Waals surface area contributed by atoms with E-state index < -0.39 is 23.4 Å². The first-order valence-electron chi connectivity index (χ1n) is 11.8. The first-order chi connectivity index (χ1) is 17.5. The fourth-order valence-corrected chi connectivity index (χ4v) is 5.21. The minimum Gasteiger partial charge on any atom is -0.439 e. The molecule has 3 aromatic rings. The molecular weight excluding hydrogens is 462 g/mol. The Bertz CT molecular complexity index is 1330. The van der Waals surface area contributed by atoms with E-state index >= 15 is 0 Å². The van der Waals surface area contributed by atoms with E-state index in [0.717, 1.165) is 36.5 Å². The summed E-state index contributed by atoms with van der Waals surface area (Å²) in [6, 6.07) is 12.4. The van der Waals surface area contributed by atoms with Crippen molar-refractivity contribution < 1.29 is 19.1 Å². The van der Waals surface area contributed by atoms with Crippen molar-refractivity contribution in [3.8, 4) is 11.6 Å². The second-order valence-corrected chi connectivity index (χ2v) is 8.94. The first-order valence-corrected chi connectivity index (χ1v) is 11.8. The molecule has 4 amide bonds. The number of barbiturate groups is 1. The van der Waals surface area contributed by atoms with Crippen LogP contribution in [0.15, 0.2) is 54.9 Å². The quantitative estimate of drug-likeness (QED) is 0.535. The van der Waals surface area contributed by atoms with Gasteiger partial charge in [0.05, 0.1) is 11.9 Å². The molecule has 0 aliphatic carbocycles. The van der Waals surface area contributed by atoms with Crippen LogP contribution in [0.1, 0.15) is 24.8 Å². The number of pyridine rings is 1. The van der Waals surface area contributed by atoms with Gasteiger partial charge in [0.2, 0.25) is 5.88 Å². The smallest absolute Gasteiger partial charge is 0.328 e. The molecule has 6 rings (SSSR count). The van der Waals surface area contributed by atoms with Gasteiger partial charge < -0.3 is 14.5 Å². The van der Waals surface area contributed by atoms with Gasteiger partial charge in [-0.05, 0) is 67.6 Å². The Labute approximate surface area is 206 Å². The van der Waals surface area contributed by atoms with E-state index in [1.165, 1.54) is 0 Å². The van der Waals surface area contributed by atoms with Gasteiger partial charge in [0, 0.05) is 31.0 Å². The number of amides is 4. The number of rotatable bonds is 4. The van der Waals surface area contributed by atoms with Gasteiger partial charge in [-0.25, -0.2) is 9.78 Å². The monoisotopic (exact) mass is 485 g/mol. The van der Waals surface area contributed by atoms with E-state index in [4.69, 9.17) is 4.74 Å². The van der Waals surface area contributed by atoms with Crippen LogP contribution < -0.4 is 25.2 Å². The molecule has 1 spiro atoms. The van der Waals surface area contributed by atoms with Crippen LogP contribution in [0.4, 0.5) is 22.0 Å². The third-order valence-corrected chi connectivity index (χ3v) is 6.85. The molecule has 1 aromatic carbocycles. The van der Waals surface area contributed by atoms with E-state index in [0.29, 0.717) is 36.7 Å². The molecule has 0 bridgehead atoms. The maximum atomic E-state index is 12.7. The Morgan fingerprint density at radius 1 is 0.972 bits per heavy atom. The molecule has 0 unspecified atom stereocenters. The van der Waals surface area contributed by atoms with Gasteiger partial charge in [0.1, 0.15) is 5.75 Å². The molecule has 11 nitrogen and oxygen atoms in total. The summed E-state index contributed by atoms with van der Waals surface area (Å²) in [5.41, 5.74) is 1.39. The predicted octanol–water partition coefficient (Wildman–Crippen LogP) is 2.45. The van der Waals surface area contributed by atoms with Crippen molar-refractivity contribution in [1.29, 1.82) is 0 Å². The topological polar surface area (TPSA) is 130 Å². The largest absolute Gasteiger partial charge is 0.439 e. The summed E-state index contributed by atoms with van der Waals surface area (Å²) >= 11 is 0. The number of hydrogen-bond acceptors (Lipinski definition) is 9. The zero-order chi connectivity index (χ0) is 24.7. The van der Waals surface area contributed by atoms with Crippen molar-refractivity contribution in [2.24, 2.45) is 0 Å². The molecule has 5 heterocycles. The Morgan fingerprint density at radius 3 is 2.58 bits per heavy atom. The zero-order valence-corrected chi connectivity index (χ0v) is 19.3. The molecule has 2 fully saturated rings. The average Bonchev–Trinajstić information content (AvgIpc) is 3.34. The van der Waals surface area contributed by atoms with Crippen molar-refractivity contribution in [2.45, 2.75) is 31.2 Å². The van der Waals surface area contributed by atoms with Gasteiger partial charge in [0.15, 0.2) is 11.4 Å². The average molecular weight is 486 g/mol. The summed E-state index contributed by atoms with van der Waals surface area (Å²) in [6.45, 7) is 1.36. The predicted molar refractivity (Wildman–Crippen MR) is 129 cm³/mol. The number of hydrogen-bond donors (Lipinski definition) is 2. The number of nitrogens with one attached hydrogen (secondary N) is 2. The van der Waals surface area contributed by atoms with E-state index in [2.05, 4.69) is 30.7 Å². The number of anilines is 3. The lowest BCUT2D eigenvalue weighted by Gasteiger charge is -2.38. The highest BCUT2D eigenvalue weighted by Gasteiger charge is 2.57. The third kappa shape index (κ3) is 3.60. The fourth-order valence-electron chi connectivity index (χ4n) is 5.21. The van der Waals surface area contributed by atoms with Crippen molar-refractivity contribution >= 4 is 35.0 Å². The highest BCUT2D eigenvalue weighted by molar-refractivity contribution is 6.24. The molecule has 2 N–H and O–H groups in total. The minimum absolute atomic E-state index is 0.316. The minimum atomic E-state index is -1.45. The normalized spacial score (nSPS) is 18.6. The van der Waals surface area contributed by atoms with Gasteiger partial charge in [-0.2, -0.15) is 5.10 Å². The number of nitrogens with zero attached hydrogens (tertiary/aromatic N) is 5. The molecule has 2 aromatic heterocycles. The molecule has 0 radical (unpaired) electrons. The summed E-state index contributed by atoms with van der Waals surface area (Å²) in [4.78, 5) is 45.1. The van der Waals surface area contributed by atoms with Gasteiger partial charge in [-0.3, -0.25) is 20.2 Å². The second kappa shape index (κ2) is 8.59. The fraction of sp³-hybridized carbons (Fsp3) is 0.280. The summed E-state index contributed by atoms with van der Waals surface area (Å²) in [7, 11) is 0. The lowest BCUT2D eigenvalue weighted by Crippen LogP contribution is -2.71. The molecular formula is C25H23N7O4. The Morgan fingerprint density at radius 2 is 1.83 bits per heavy atom. The van der Waals surface area contributed by atoms with Crippen molar-refractivity contribution in [3.63, 3.8) is 0 Å². The number of imide groups is 2. The van der Waals surface area contributed by atoms with Gasteiger partial charge in [0.25, 0.3) is 11.8 Å². The van der Waals surface area contributed by atoms with E-state index in [1.54, 1.807) is 29.4 Å². The van der Waals surface area contributed by atoms with Crippen LogP contribution in [-0.4, -0.2) is 51.7 Å². The SMILES string of the molecule is O=C1NC(=O)C2(CCCN2c2ccc(Oc3ccc4c(c3)CCCN4c3cccnn3)nc2)C(=O)N1. The molecule has 3 aliphatic rings. The zero-order valence-electron chi connectivity index (χ0n) is 19.3. The summed E-state index contributed by atoms with van der Waals surface area (Å²) in [6.07, 6.45) is 6.11. The maximum absolute atomic E-state index is 12.7. The van der Waals surface area contributed by atoms with Crippen molar-refractivity contribution in [1.82, 2.24) is 25.8 Å². The summed E-state index contributed by atoms with van der Waals surface area (Å²) < 4.78 is 6.02. The first kappa shape index (κ1) is 22.0. The third-order valence-electron chi connectivity index (χ3n) is 6.85. The number of benzene rings is 1. The standard InChI is InChI=1S/C25H23N7O4/c33-22-25(23(34)29-24(35)28-22)10-3-13-32(25)17-6-9-21(26-15-17)36-18-7-8-19-16(14-18)4-2-12-31(19)20-5-1-11-27-30-20/h1,5-9,11,14-15H,2-4,10,12-13H2,(H2,28,29,33,34,35). The highest BCUT2D eigenvalue weighted by Crippen LogP contribution is 2.38. The van der Waals surface area contributed by atoms with Crippen LogP contribution in [0.2, 0.25) is 0 Å². The van der Waals surface area contributed by atoms with Crippen LogP contribution in [0, 0.1) is 0 Å². The van der Waals surface area contributed by atoms with Crippen LogP contribution in [0.25, 0.3) is 0 Å². The number of aryl methyl sites for hydroxylation is 1. The Balaban J connectivity index is 1.21. The van der Waals surface area contributed by atoms with Gasteiger partial charge in [-0.1, -0.05) is 0 Å². The summed E-state index contributed by atoms with van der Waals surface area (Å²) in [5.74, 6) is 0.643. The van der Waals surface area contributed by atoms with E-state index in [-0.39, 0.29) is 0 Å². The van der Waals surface area contributed by atoms with Crippen molar-refractivity contribution in [3.05, 3.63) is 60.4 Å². The maximum Gasteiger partial charge on any atom is 0.328 e. The highest BCUT2D eigenvalue weighted by atomic mass is 16.5. The molecule has 0 atom stereocenters. The number of carbonyl (C=O) groups excluding carboxylic acids is 3. The number of fused-ring (bicyclic) bond motifs is 1.